The van der Waals surface area contributed by atoms with Crippen LogP contribution in [0.25, 0.3) is 17.0 Å². The summed E-state index contributed by atoms with van der Waals surface area (Å²) < 4.78 is 3.80. The van der Waals surface area contributed by atoms with Crippen molar-refractivity contribution >= 4 is 29.5 Å². The molecule has 0 saturated carbocycles. The highest BCUT2D eigenvalue weighted by atomic mass is 35.5. The molecule has 30 heavy (non-hydrogen) atoms. The third kappa shape index (κ3) is 4.15. The Labute approximate surface area is 181 Å². The molecule has 0 amide bonds. The lowest BCUT2D eigenvalue weighted by Crippen LogP contribution is -2.37. The minimum Gasteiger partial charge on any atom is -0.358 e. The SMILES string of the molecule is CCCCCn1c(N2CCC(C=O)CC2)cc(=O)n2cc(-c3ccc(Cl)cc3)nc12. The highest BCUT2D eigenvalue weighted by Crippen LogP contribution is 2.26. The number of hydrogen-bond donors (Lipinski definition) is 0. The zero-order valence-corrected chi connectivity index (χ0v) is 18.0. The van der Waals surface area contributed by atoms with Gasteiger partial charge in [-0.15, -0.1) is 0 Å². The van der Waals surface area contributed by atoms with Crippen LogP contribution in [-0.4, -0.2) is 33.3 Å². The summed E-state index contributed by atoms with van der Waals surface area (Å²) in [5.41, 5.74) is 1.60. The fourth-order valence-corrected chi connectivity index (χ4v) is 4.23. The number of aryl methyl sites for hydroxylation is 1. The first-order valence-electron chi connectivity index (χ1n) is 10.7. The van der Waals surface area contributed by atoms with Crippen molar-refractivity contribution in [3.8, 4) is 11.3 Å². The molecule has 1 fully saturated rings. The lowest BCUT2D eigenvalue weighted by molar-refractivity contribution is -0.111. The molecule has 7 heteroatoms. The van der Waals surface area contributed by atoms with E-state index in [1.165, 1.54) is 0 Å². The van der Waals surface area contributed by atoms with Gasteiger partial charge in [0.15, 0.2) is 0 Å². The first kappa shape index (κ1) is 20.7. The van der Waals surface area contributed by atoms with Gasteiger partial charge in [-0.3, -0.25) is 13.8 Å². The number of hydrogen-bond acceptors (Lipinski definition) is 4. The molecule has 1 aliphatic rings. The lowest BCUT2D eigenvalue weighted by Gasteiger charge is -2.33. The topological polar surface area (TPSA) is 59.6 Å². The second-order valence-corrected chi connectivity index (χ2v) is 8.40. The monoisotopic (exact) mass is 426 g/mol. The molecule has 6 nitrogen and oxygen atoms in total. The van der Waals surface area contributed by atoms with Crippen molar-refractivity contribution in [2.75, 3.05) is 18.0 Å². The summed E-state index contributed by atoms with van der Waals surface area (Å²) in [6.07, 6.45) is 7.78. The van der Waals surface area contributed by atoms with Crippen molar-refractivity contribution in [3.63, 3.8) is 0 Å². The number of anilines is 1. The van der Waals surface area contributed by atoms with Crippen LogP contribution in [0.5, 0.6) is 0 Å². The molecular formula is C23H27ClN4O2. The maximum absolute atomic E-state index is 12.9. The van der Waals surface area contributed by atoms with Crippen molar-refractivity contribution < 1.29 is 4.79 Å². The lowest BCUT2D eigenvalue weighted by atomic mass is 9.99. The summed E-state index contributed by atoms with van der Waals surface area (Å²) in [5, 5.41) is 0.669. The van der Waals surface area contributed by atoms with Gasteiger partial charge < -0.3 is 9.69 Å². The first-order chi connectivity index (χ1) is 14.6. The average molecular weight is 427 g/mol. The first-order valence-corrected chi connectivity index (χ1v) is 11.1. The minimum absolute atomic E-state index is 0.0861. The Balaban J connectivity index is 1.78. The molecule has 4 rings (SSSR count). The molecule has 158 valence electrons. The second-order valence-electron chi connectivity index (χ2n) is 7.96. The van der Waals surface area contributed by atoms with Crippen LogP contribution in [0.15, 0.2) is 41.3 Å². The predicted molar refractivity (Wildman–Crippen MR) is 120 cm³/mol. The number of benzene rings is 1. The van der Waals surface area contributed by atoms with Gasteiger partial charge in [-0.2, -0.15) is 0 Å². The van der Waals surface area contributed by atoms with Gasteiger partial charge in [-0.25, -0.2) is 4.98 Å². The zero-order valence-electron chi connectivity index (χ0n) is 17.3. The number of aromatic nitrogens is 3. The van der Waals surface area contributed by atoms with Crippen LogP contribution in [-0.2, 0) is 11.3 Å². The number of fused-ring (bicyclic) bond motifs is 1. The van der Waals surface area contributed by atoms with Crippen LogP contribution in [0.1, 0.15) is 39.0 Å². The summed E-state index contributed by atoms with van der Waals surface area (Å²) >= 11 is 6.02. The van der Waals surface area contributed by atoms with Crippen LogP contribution < -0.4 is 10.5 Å². The Morgan fingerprint density at radius 2 is 1.90 bits per heavy atom. The summed E-state index contributed by atoms with van der Waals surface area (Å²) in [6.45, 7) is 4.53. The largest absolute Gasteiger partial charge is 0.358 e. The van der Waals surface area contributed by atoms with Crippen molar-refractivity contribution in [2.45, 2.75) is 45.6 Å². The van der Waals surface area contributed by atoms with E-state index in [4.69, 9.17) is 16.6 Å². The van der Waals surface area contributed by atoms with E-state index in [1.54, 1.807) is 16.7 Å². The smallest absolute Gasteiger partial charge is 0.261 e. The molecule has 0 N–H and O–H groups in total. The molecule has 1 saturated heterocycles. The fraction of sp³-hybridized carbons (Fsp3) is 0.435. The van der Waals surface area contributed by atoms with Crippen LogP contribution in [0.3, 0.4) is 0 Å². The van der Waals surface area contributed by atoms with E-state index < -0.39 is 0 Å². The Morgan fingerprint density at radius 1 is 1.17 bits per heavy atom. The van der Waals surface area contributed by atoms with Gasteiger partial charge in [0.1, 0.15) is 12.1 Å². The number of imidazole rings is 1. The Morgan fingerprint density at radius 3 is 2.57 bits per heavy atom. The molecule has 1 aliphatic heterocycles. The van der Waals surface area contributed by atoms with Crippen molar-refractivity contribution in [1.82, 2.24) is 14.0 Å². The second kappa shape index (κ2) is 9.04. The molecule has 1 aromatic carbocycles. The van der Waals surface area contributed by atoms with Crippen LogP contribution >= 0.6 is 11.6 Å². The van der Waals surface area contributed by atoms with E-state index in [1.807, 2.05) is 24.3 Å². The van der Waals surface area contributed by atoms with Gasteiger partial charge in [-0.05, 0) is 31.4 Å². The summed E-state index contributed by atoms with van der Waals surface area (Å²) in [6, 6.07) is 9.21. The number of carbonyl (C=O) groups excluding carboxylic acids is 1. The van der Waals surface area contributed by atoms with E-state index in [2.05, 4.69) is 16.4 Å². The molecule has 2 aromatic heterocycles. The number of unbranched alkanes of at least 4 members (excludes halogenated alkanes) is 2. The van der Waals surface area contributed by atoms with Crippen molar-refractivity contribution in [2.24, 2.45) is 5.92 Å². The van der Waals surface area contributed by atoms with Gasteiger partial charge in [0.05, 0.1) is 5.69 Å². The number of carbonyl (C=O) groups is 1. The molecule has 0 radical (unpaired) electrons. The highest BCUT2D eigenvalue weighted by Gasteiger charge is 2.23. The zero-order chi connectivity index (χ0) is 21.1. The van der Waals surface area contributed by atoms with E-state index >= 15 is 0 Å². The van der Waals surface area contributed by atoms with E-state index in [0.717, 1.165) is 75.1 Å². The van der Waals surface area contributed by atoms with Gasteiger partial charge >= 0.3 is 0 Å². The number of piperidine rings is 1. The Bertz CT molecular complexity index is 1080. The molecule has 0 spiro atoms. The molecule has 0 atom stereocenters. The number of aldehydes is 1. The van der Waals surface area contributed by atoms with E-state index in [0.29, 0.717) is 10.8 Å². The predicted octanol–water partition coefficient (Wildman–Crippen LogP) is 4.42. The Kier molecular flexibility index (Phi) is 6.23. The third-order valence-electron chi connectivity index (χ3n) is 5.88. The molecule has 0 aliphatic carbocycles. The van der Waals surface area contributed by atoms with Gasteiger partial charge in [-0.1, -0.05) is 43.5 Å². The van der Waals surface area contributed by atoms with Crippen LogP contribution in [0.2, 0.25) is 5.02 Å². The average Bonchev–Trinajstić information content (AvgIpc) is 3.22. The minimum atomic E-state index is -0.0861. The van der Waals surface area contributed by atoms with Gasteiger partial charge in [0.2, 0.25) is 5.78 Å². The maximum atomic E-state index is 12.9. The molecule has 3 heterocycles. The molecular weight excluding hydrogens is 400 g/mol. The fourth-order valence-electron chi connectivity index (χ4n) is 4.10. The van der Waals surface area contributed by atoms with Crippen LogP contribution in [0.4, 0.5) is 5.82 Å². The number of rotatable bonds is 7. The molecule has 3 aromatic rings. The van der Waals surface area contributed by atoms with Crippen molar-refractivity contribution in [3.05, 3.63) is 51.9 Å². The maximum Gasteiger partial charge on any atom is 0.261 e. The highest BCUT2D eigenvalue weighted by molar-refractivity contribution is 6.30. The number of halogens is 1. The third-order valence-corrected chi connectivity index (χ3v) is 6.13. The summed E-state index contributed by atoms with van der Waals surface area (Å²) in [5.74, 6) is 1.69. The standard InChI is InChI=1S/C23H27ClN4O2/c1-2-3-4-11-27-21(26-12-9-17(16-29)10-13-26)14-22(30)28-15-20(25-23(27)28)18-5-7-19(24)8-6-18/h5-8,14-17H,2-4,9-13H2,1H3. The van der Waals surface area contributed by atoms with E-state index in [-0.39, 0.29) is 11.5 Å². The van der Waals surface area contributed by atoms with Gasteiger partial charge in [0, 0.05) is 48.4 Å². The Hall–Kier alpha value is -2.60. The summed E-state index contributed by atoms with van der Waals surface area (Å²) in [4.78, 5) is 31.2. The van der Waals surface area contributed by atoms with E-state index in [9.17, 15) is 9.59 Å². The summed E-state index contributed by atoms with van der Waals surface area (Å²) in [7, 11) is 0. The normalized spacial score (nSPS) is 15.1. The quantitative estimate of drug-likeness (QED) is 0.414. The van der Waals surface area contributed by atoms with Crippen molar-refractivity contribution in [1.29, 1.82) is 0 Å². The van der Waals surface area contributed by atoms with Crippen LogP contribution in [0, 0.1) is 5.92 Å². The van der Waals surface area contributed by atoms with Gasteiger partial charge in [0.25, 0.3) is 5.56 Å². The number of nitrogens with zero attached hydrogens (tertiary/aromatic N) is 4. The molecule has 0 bridgehead atoms. The molecule has 0 unspecified atom stereocenters.